The molecule has 10 heteroatoms. The molecule has 2 aromatic heterocycles. The van der Waals surface area contributed by atoms with Gasteiger partial charge >= 0.3 is 11.9 Å². The van der Waals surface area contributed by atoms with Crippen molar-refractivity contribution in [3.05, 3.63) is 39.8 Å². The molecule has 2 aromatic rings. The summed E-state index contributed by atoms with van der Waals surface area (Å²) < 4.78 is 15.1. The molecule has 0 aliphatic heterocycles. The topological polar surface area (TPSA) is 137 Å². The molecule has 0 aromatic carbocycles. The molecule has 0 unspecified atom stereocenters. The Bertz CT molecular complexity index is 819. The van der Waals surface area contributed by atoms with Crippen molar-refractivity contribution in [2.45, 2.75) is 20.3 Å². The van der Waals surface area contributed by atoms with Crippen LogP contribution in [0.3, 0.4) is 0 Å². The summed E-state index contributed by atoms with van der Waals surface area (Å²) in [6.45, 7) is 3.33. The number of hydrogen-bond donors (Lipinski definition) is 1. The highest BCUT2D eigenvalue weighted by molar-refractivity contribution is 5.94. The number of carbonyl (C=O) groups is 2. The largest absolute Gasteiger partial charge is 0.460 e. The van der Waals surface area contributed by atoms with Crippen molar-refractivity contribution in [3.63, 3.8) is 0 Å². The highest BCUT2D eigenvalue weighted by atomic mass is 16.6. The SMILES string of the molecule is CCCOC(=O)c1cc(N=Cc2ccc([N+](=O)[O-])o2)c(NC(C)=O)o1. The van der Waals surface area contributed by atoms with Gasteiger partial charge in [0.25, 0.3) is 0 Å². The summed E-state index contributed by atoms with van der Waals surface area (Å²) in [4.78, 5) is 37.0. The number of ether oxygens (including phenoxy) is 1. The Morgan fingerprint density at radius 1 is 1.40 bits per heavy atom. The Hall–Kier alpha value is -3.43. The molecule has 1 amide bonds. The van der Waals surface area contributed by atoms with Crippen molar-refractivity contribution in [3.8, 4) is 0 Å². The van der Waals surface area contributed by atoms with Crippen LogP contribution in [0.1, 0.15) is 36.6 Å². The smallest absolute Gasteiger partial charge is 0.433 e. The zero-order valence-corrected chi connectivity index (χ0v) is 13.5. The third-order valence-electron chi connectivity index (χ3n) is 2.76. The average molecular weight is 349 g/mol. The van der Waals surface area contributed by atoms with E-state index in [0.29, 0.717) is 6.42 Å². The van der Waals surface area contributed by atoms with Crippen LogP contribution in [-0.4, -0.2) is 29.6 Å². The van der Waals surface area contributed by atoms with E-state index < -0.39 is 22.7 Å². The van der Waals surface area contributed by atoms with E-state index in [4.69, 9.17) is 13.6 Å². The van der Waals surface area contributed by atoms with Crippen LogP contribution < -0.4 is 5.32 Å². The number of aliphatic imine (C=N–C) groups is 1. The molecular formula is C15H15N3O7. The lowest BCUT2D eigenvalue weighted by Crippen LogP contribution is -2.06. The molecule has 0 aliphatic carbocycles. The number of amides is 1. The van der Waals surface area contributed by atoms with E-state index >= 15 is 0 Å². The second kappa shape index (κ2) is 7.90. The molecule has 0 saturated carbocycles. The van der Waals surface area contributed by atoms with Gasteiger partial charge in [-0.15, -0.1) is 0 Å². The van der Waals surface area contributed by atoms with Crippen LogP contribution in [-0.2, 0) is 9.53 Å². The molecule has 25 heavy (non-hydrogen) atoms. The van der Waals surface area contributed by atoms with E-state index in [9.17, 15) is 19.7 Å². The van der Waals surface area contributed by atoms with Gasteiger partial charge in [-0.2, -0.15) is 0 Å². The lowest BCUT2D eigenvalue weighted by atomic mass is 10.4. The van der Waals surface area contributed by atoms with Gasteiger partial charge in [0, 0.05) is 13.0 Å². The van der Waals surface area contributed by atoms with Crippen LogP contribution in [0.15, 0.2) is 32.0 Å². The summed E-state index contributed by atoms with van der Waals surface area (Å²) in [6, 6.07) is 3.83. The Labute approximate surface area is 141 Å². The molecule has 0 spiro atoms. The Kier molecular flexibility index (Phi) is 5.66. The summed E-state index contributed by atoms with van der Waals surface area (Å²) in [5.74, 6) is -1.60. The lowest BCUT2D eigenvalue weighted by molar-refractivity contribution is -0.402. The Morgan fingerprint density at radius 2 is 2.16 bits per heavy atom. The molecule has 0 saturated heterocycles. The second-order valence-corrected chi connectivity index (χ2v) is 4.83. The molecule has 132 valence electrons. The number of nitrogens with one attached hydrogen (secondary N) is 1. The van der Waals surface area contributed by atoms with Crippen molar-refractivity contribution in [1.82, 2.24) is 0 Å². The summed E-state index contributed by atoms with van der Waals surface area (Å²) in [7, 11) is 0. The minimum atomic E-state index is -0.691. The number of rotatable bonds is 7. The molecule has 2 heterocycles. The number of nitro groups is 1. The maximum absolute atomic E-state index is 11.8. The third kappa shape index (κ3) is 4.77. The first-order valence-electron chi connectivity index (χ1n) is 7.27. The fraction of sp³-hybridized carbons (Fsp3) is 0.267. The fourth-order valence-electron chi connectivity index (χ4n) is 1.74. The lowest BCUT2D eigenvalue weighted by Gasteiger charge is -1.99. The van der Waals surface area contributed by atoms with E-state index in [-0.39, 0.29) is 29.7 Å². The number of hydrogen-bond acceptors (Lipinski definition) is 8. The molecule has 0 bridgehead atoms. The molecule has 0 fully saturated rings. The zero-order valence-electron chi connectivity index (χ0n) is 13.5. The fourth-order valence-corrected chi connectivity index (χ4v) is 1.74. The van der Waals surface area contributed by atoms with Crippen molar-refractivity contribution in [2.24, 2.45) is 4.99 Å². The van der Waals surface area contributed by atoms with Crippen molar-refractivity contribution in [2.75, 3.05) is 11.9 Å². The van der Waals surface area contributed by atoms with Crippen molar-refractivity contribution in [1.29, 1.82) is 0 Å². The maximum atomic E-state index is 11.8. The molecule has 2 rings (SSSR count). The van der Waals surface area contributed by atoms with E-state index in [1.807, 2.05) is 6.92 Å². The van der Waals surface area contributed by atoms with E-state index in [1.165, 1.54) is 31.3 Å². The molecule has 0 atom stereocenters. The van der Waals surface area contributed by atoms with Gasteiger partial charge in [-0.05, 0) is 12.5 Å². The van der Waals surface area contributed by atoms with Crippen molar-refractivity contribution < 1.29 is 28.1 Å². The van der Waals surface area contributed by atoms with Gasteiger partial charge in [-0.1, -0.05) is 6.92 Å². The van der Waals surface area contributed by atoms with Gasteiger partial charge in [0.05, 0.1) is 18.9 Å². The van der Waals surface area contributed by atoms with E-state index in [1.54, 1.807) is 0 Å². The van der Waals surface area contributed by atoms with Gasteiger partial charge in [-0.3, -0.25) is 20.2 Å². The summed E-state index contributed by atoms with van der Waals surface area (Å²) in [5, 5.41) is 13.0. The number of furan rings is 2. The van der Waals surface area contributed by atoms with Crippen LogP contribution >= 0.6 is 0 Å². The number of anilines is 1. The first kappa shape index (κ1) is 17.9. The minimum Gasteiger partial charge on any atom is -0.460 e. The highest BCUT2D eigenvalue weighted by Crippen LogP contribution is 2.30. The van der Waals surface area contributed by atoms with E-state index in [2.05, 4.69) is 10.3 Å². The van der Waals surface area contributed by atoms with Gasteiger partial charge in [-0.25, -0.2) is 9.79 Å². The number of nitrogens with zero attached hydrogens (tertiary/aromatic N) is 2. The molecular weight excluding hydrogens is 334 g/mol. The van der Waals surface area contributed by atoms with E-state index in [0.717, 1.165) is 0 Å². The maximum Gasteiger partial charge on any atom is 0.433 e. The molecule has 10 nitrogen and oxygen atoms in total. The standard InChI is InChI=1S/C15H15N3O7/c1-3-6-23-15(20)12-7-11(14(25-12)17-9(2)19)16-8-10-4-5-13(24-10)18(21)22/h4-5,7-8H,3,6H2,1-2H3,(H,17,19). The van der Waals surface area contributed by atoms with Gasteiger partial charge < -0.3 is 13.6 Å². The third-order valence-corrected chi connectivity index (χ3v) is 2.76. The van der Waals surface area contributed by atoms with Crippen LogP contribution in [0.25, 0.3) is 0 Å². The van der Waals surface area contributed by atoms with Gasteiger partial charge in [0.1, 0.15) is 10.6 Å². The number of esters is 1. The summed E-state index contributed by atoms with van der Waals surface area (Å²) in [5.41, 5.74) is 0.137. The second-order valence-electron chi connectivity index (χ2n) is 4.83. The Balaban J connectivity index is 2.25. The van der Waals surface area contributed by atoms with Crippen LogP contribution in [0.2, 0.25) is 0 Å². The molecule has 1 N–H and O–H groups in total. The first-order valence-corrected chi connectivity index (χ1v) is 7.27. The van der Waals surface area contributed by atoms with Crippen LogP contribution in [0, 0.1) is 10.1 Å². The van der Waals surface area contributed by atoms with Gasteiger partial charge in [0.15, 0.2) is 5.76 Å². The minimum absolute atomic E-state index is 0.0479. The Morgan fingerprint density at radius 3 is 2.76 bits per heavy atom. The summed E-state index contributed by atoms with van der Waals surface area (Å²) >= 11 is 0. The highest BCUT2D eigenvalue weighted by Gasteiger charge is 2.18. The van der Waals surface area contributed by atoms with Crippen molar-refractivity contribution >= 4 is 35.5 Å². The molecule has 0 aliphatic rings. The predicted octanol–water partition coefficient (Wildman–Crippen LogP) is 3.06. The normalized spacial score (nSPS) is 10.8. The summed E-state index contributed by atoms with van der Waals surface area (Å²) in [6.07, 6.45) is 1.84. The molecule has 0 radical (unpaired) electrons. The number of carbonyl (C=O) groups excluding carboxylic acids is 2. The first-order chi connectivity index (χ1) is 11.9. The van der Waals surface area contributed by atoms with Gasteiger partial charge in [0.2, 0.25) is 17.6 Å². The van der Waals surface area contributed by atoms with Crippen LogP contribution in [0.5, 0.6) is 0 Å². The van der Waals surface area contributed by atoms with Crippen LogP contribution in [0.4, 0.5) is 17.5 Å². The average Bonchev–Trinajstić information content (AvgIpc) is 3.17. The predicted molar refractivity (Wildman–Crippen MR) is 86.2 cm³/mol. The quantitative estimate of drug-likeness (QED) is 0.351. The monoisotopic (exact) mass is 349 g/mol. The zero-order chi connectivity index (χ0) is 18.4.